The van der Waals surface area contributed by atoms with Crippen LogP contribution in [0.2, 0.25) is 0 Å². The first-order valence-electron chi connectivity index (χ1n) is 11.4. The molecule has 0 unspecified atom stereocenters. The van der Waals surface area contributed by atoms with Gasteiger partial charge in [0.25, 0.3) is 0 Å². The number of hydrogen-bond acceptors (Lipinski definition) is 6. The first-order chi connectivity index (χ1) is 14.7. The van der Waals surface area contributed by atoms with Gasteiger partial charge in [-0.1, -0.05) is 6.42 Å². The average Bonchev–Trinajstić information content (AvgIpc) is 2.76. The number of fused-ring (bicyclic) bond motifs is 2. The SMILES string of the molecule is COCCCN(Cc1c(O)ccc2ccc(=O)oc12)C[C@@H]1CCCN2CCCC[C@H]12. The summed E-state index contributed by atoms with van der Waals surface area (Å²) in [5.41, 5.74) is 0.825. The van der Waals surface area contributed by atoms with Gasteiger partial charge < -0.3 is 19.2 Å². The molecule has 2 aliphatic heterocycles. The van der Waals surface area contributed by atoms with Crippen molar-refractivity contribution >= 4 is 11.0 Å². The topological polar surface area (TPSA) is 66.2 Å². The Morgan fingerprint density at radius 2 is 2.00 bits per heavy atom. The summed E-state index contributed by atoms with van der Waals surface area (Å²) in [6, 6.07) is 7.37. The van der Waals surface area contributed by atoms with Gasteiger partial charge in [-0.25, -0.2) is 4.79 Å². The van der Waals surface area contributed by atoms with Crippen LogP contribution >= 0.6 is 0 Å². The summed E-state index contributed by atoms with van der Waals surface area (Å²) in [5, 5.41) is 11.4. The lowest BCUT2D eigenvalue weighted by molar-refractivity contribution is 0.0372. The summed E-state index contributed by atoms with van der Waals surface area (Å²) in [4.78, 5) is 16.9. The van der Waals surface area contributed by atoms with Gasteiger partial charge in [0, 0.05) is 50.8 Å². The maximum absolute atomic E-state index is 11.8. The predicted octanol–water partition coefficient (Wildman–Crippen LogP) is 3.60. The molecule has 3 heterocycles. The van der Waals surface area contributed by atoms with Crippen LogP contribution in [0.3, 0.4) is 0 Å². The number of aromatic hydroxyl groups is 1. The summed E-state index contributed by atoms with van der Waals surface area (Å²) < 4.78 is 10.8. The molecular weight excluding hydrogens is 380 g/mol. The molecular formula is C24H34N2O4. The first kappa shape index (κ1) is 21.3. The highest BCUT2D eigenvalue weighted by molar-refractivity contribution is 5.81. The zero-order valence-electron chi connectivity index (χ0n) is 18.0. The normalized spacial score (nSPS) is 22.5. The molecule has 0 spiro atoms. The Hall–Kier alpha value is -1.89. The van der Waals surface area contributed by atoms with Crippen molar-refractivity contribution in [3.05, 3.63) is 40.2 Å². The highest BCUT2D eigenvalue weighted by Gasteiger charge is 2.34. The lowest BCUT2D eigenvalue weighted by Gasteiger charge is -2.45. The van der Waals surface area contributed by atoms with Gasteiger partial charge in [-0.3, -0.25) is 4.90 Å². The van der Waals surface area contributed by atoms with E-state index in [1.165, 1.54) is 51.3 Å². The average molecular weight is 415 g/mol. The van der Waals surface area contributed by atoms with E-state index in [4.69, 9.17) is 9.15 Å². The Kier molecular flexibility index (Phi) is 7.08. The van der Waals surface area contributed by atoms with Crippen molar-refractivity contribution in [2.75, 3.05) is 39.9 Å². The Bertz CT molecular complexity index is 894. The number of piperidine rings is 2. The maximum atomic E-state index is 11.8. The third kappa shape index (κ3) is 4.88. The van der Waals surface area contributed by atoms with Gasteiger partial charge in [-0.05, 0) is 69.3 Å². The molecule has 1 aromatic heterocycles. The number of hydrogen-bond donors (Lipinski definition) is 1. The minimum atomic E-state index is -0.384. The maximum Gasteiger partial charge on any atom is 0.336 e. The number of benzene rings is 1. The van der Waals surface area contributed by atoms with Crippen molar-refractivity contribution in [1.29, 1.82) is 0 Å². The van der Waals surface area contributed by atoms with Crippen LogP contribution in [-0.2, 0) is 11.3 Å². The molecule has 1 aromatic carbocycles. The molecule has 2 saturated heterocycles. The minimum Gasteiger partial charge on any atom is -0.507 e. The fourth-order valence-corrected chi connectivity index (χ4v) is 5.35. The lowest BCUT2D eigenvalue weighted by Crippen LogP contribution is -2.51. The fraction of sp³-hybridized carbons (Fsp3) is 0.625. The van der Waals surface area contributed by atoms with E-state index in [2.05, 4.69) is 9.80 Å². The van der Waals surface area contributed by atoms with Crippen LogP contribution in [0.25, 0.3) is 11.0 Å². The number of nitrogens with zero attached hydrogens (tertiary/aromatic N) is 2. The largest absolute Gasteiger partial charge is 0.507 e. The summed E-state index contributed by atoms with van der Waals surface area (Å²) in [7, 11) is 1.73. The van der Waals surface area contributed by atoms with Gasteiger partial charge in [0.1, 0.15) is 11.3 Å². The Labute approximate surface area is 178 Å². The molecule has 6 heteroatoms. The van der Waals surface area contributed by atoms with Crippen molar-refractivity contribution in [3.63, 3.8) is 0 Å². The van der Waals surface area contributed by atoms with E-state index in [-0.39, 0.29) is 11.4 Å². The van der Waals surface area contributed by atoms with Crippen molar-refractivity contribution in [3.8, 4) is 5.75 Å². The Morgan fingerprint density at radius 1 is 1.17 bits per heavy atom. The van der Waals surface area contributed by atoms with Crippen LogP contribution in [0.1, 0.15) is 44.1 Å². The molecule has 1 N–H and O–H groups in total. The summed E-state index contributed by atoms with van der Waals surface area (Å²) in [6.07, 6.45) is 7.42. The first-order valence-corrected chi connectivity index (χ1v) is 11.4. The van der Waals surface area contributed by atoms with Crippen LogP contribution in [0.5, 0.6) is 5.75 Å². The molecule has 2 fully saturated rings. The van der Waals surface area contributed by atoms with E-state index in [9.17, 15) is 9.90 Å². The minimum absolute atomic E-state index is 0.191. The molecule has 0 aliphatic carbocycles. The van der Waals surface area contributed by atoms with E-state index in [1.54, 1.807) is 25.3 Å². The van der Waals surface area contributed by atoms with Gasteiger partial charge in [0.2, 0.25) is 0 Å². The van der Waals surface area contributed by atoms with Crippen LogP contribution in [-0.4, -0.2) is 60.8 Å². The Morgan fingerprint density at radius 3 is 2.87 bits per heavy atom. The van der Waals surface area contributed by atoms with Gasteiger partial charge in [0.05, 0.1) is 5.56 Å². The number of ether oxygens (including phenoxy) is 1. The summed E-state index contributed by atoms with van der Waals surface area (Å²) in [5.74, 6) is 0.835. The van der Waals surface area contributed by atoms with Gasteiger partial charge in [0.15, 0.2) is 0 Å². The fourth-order valence-electron chi connectivity index (χ4n) is 5.35. The van der Waals surface area contributed by atoms with Gasteiger partial charge in [-0.15, -0.1) is 0 Å². The lowest BCUT2D eigenvalue weighted by atomic mass is 9.83. The van der Waals surface area contributed by atoms with E-state index >= 15 is 0 Å². The van der Waals surface area contributed by atoms with E-state index in [0.717, 1.165) is 24.9 Å². The third-order valence-electron chi connectivity index (χ3n) is 6.79. The van der Waals surface area contributed by atoms with Gasteiger partial charge in [-0.2, -0.15) is 0 Å². The molecule has 164 valence electrons. The van der Waals surface area contributed by atoms with Crippen molar-refractivity contribution in [1.82, 2.24) is 9.80 Å². The second-order valence-electron chi connectivity index (χ2n) is 8.82. The van der Waals surface area contributed by atoms with Crippen LogP contribution in [0.4, 0.5) is 0 Å². The van der Waals surface area contributed by atoms with Crippen LogP contribution in [0.15, 0.2) is 33.5 Å². The second kappa shape index (κ2) is 9.94. The molecule has 2 aliphatic rings. The molecule has 2 atom stereocenters. The highest BCUT2D eigenvalue weighted by Crippen LogP contribution is 2.33. The third-order valence-corrected chi connectivity index (χ3v) is 6.79. The number of phenolic OH excluding ortho intramolecular Hbond substituents is 1. The molecule has 0 saturated carbocycles. The highest BCUT2D eigenvalue weighted by atomic mass is 16.5. The second-order valence-corrected chi connectivity index (χ2v) is 8.82. The molecule has 0 radical (unpaired) electrons. The van der Waals surface area contributed by atoms with E-state index < -0.39 is 0 Å². The molecule has 30 heavy (non-hydrogen) atoms. The van der Waals surface area contributed by atoms with E-state index in [0.29, 0.717) is 36.3 Å². The Balaban J connectivity index is 1.57. The molecule has 0 bridgehead atoms. The monoisotopic (exact) mass is 414 g/mol. The van der Waals surface area contributed by atoms with Crippen molar-refractivity contribution in [2.24, 2.45) is 5.92 Å². The molecule has 4 rings (SSSR count). The zero-order valence-corrected chi connectivity index (χ0v) is 18.0. The quantitative estimate of drug-likeness (QED) is 0.526. The van der Waals surface area contributed by atoms with Gasteiger partial charge >= 0.3 is 5.63 Å². The number of methoxy groups -OCH3 is 1. The van der Waals surface area contributed by atoms with Crippen LogP contribution < -0.4 is 5.63 Å². The number of rotatable bonds is 8. The standard InChI is InChI=1S/C24H34N2O4/c1-29-15-5-12-25(16-19-6-4-14-26-13-3-2-7-21(19)26)17-20-22(27)10-8-18-9-11-23(28)30-24(18)20/h8-11,19,21,27H,2-7,12-17H2,1H3/t19-,21+/m0/s1. The van der Waals surface area contributed by atoms with Crippen molar-refractivity contribution < 1.29 is 14.3 Å². The predicted molar refractivity (Wildman–Crippen MR) is 118 cm³/mol. The molecule has 6 nitrogen and oxygen atoms in total. The smallest absolute Gasteiger partial charge is 0.336 e. The molecule has 0 amide bonds. The number of phenols is 1. The van der Waals surface area contributed by atoms with Crippen LogP contribution in [0, 0.1) is 5.92 Å². The summed E-state index contributed by atoms with van der Waals surface area (Å²) >= 11 is 0. The van der Waals surface area contributed by atoms with E-state index in [1.807, 2.05) is 0 Å². The zero-order chi connectivity index (χ0) is 20.9. The molecule has 2 aromatic rings. The van der Waals surface area contributed by atoms with Crippen molar-refractivity contribution in [2.45, 2.75) is 51.1 Å². The summed E-state index contributed by atoms with van der Waals surface area (Å²) in [6.45, 7) is 5.65.